The predicted molar refractivity (Wildman–Crippen MR) is 73.3 cm³/mol. The van der Waals surface area contributed by atoms with Crippen LogP contribution >= 0.6 is 46.4 Å². The average molecular weight is 335 g/mol. The maximum absolute atomic E-state index is 8.98. The molecule has 4 nitrogen and oxygen atoms in total. The molecule has 0 N–H and O–H groups in total. The topological polar surface area (TPSA) is 58.8 Å². The maximum Gasteiger partial charge on any atom is 0.243 e. The summed E-state index contributed by atoms with van der Waals surface area (Å²) in [6.45, 7) is 0. The Morgan fingerprint density at radius 3 is 2.42 bits per heavy atom. The normalized spacial score (nSPS) is 10.1. The molecule has 0 saturated heterocycles. The molecule has 1 aromatic heterocycles. The van der Waals surface area contributed by atoms with Gasteiger partial charge in [-0.1, -0.05) is 34.8 Å². The first kappa shape index (κ1) is 14.2. The van der Waals surface area contributed by atoms with Crippen LogP contribution in [-0.4, -0.2) is 9.97 Å². The number of hydrogen-bond donors (Lipinski definition) is 0. The van der Waals surface area contributed by atoms with Crippen LogP contribution in [0.15, 0.2) is 18.2 Å². The van der Waals surface area contributed by atoms with Gasteiger partial charge in [-0.15, -0.1) is 0 Å². The van der Waals surface area contributed by atoms with Gasteiger partial charge in [0.2, 0.25) is 11.2 Å². The number of nitrogens with zero attached hydrogens (tertiary/aromatic N) is 3. The molecule has 0 spiro atoms. The minimum atomic E-state index is -0.126. The Labute approximate surface area is 128 Å². The highest BCUT2D eigenvalue weighted by molar-refractivity contribution is 6.42. The van der Waals surface area contributed by atoms with Gasteiger partial charge in [0.25, 0.3) is 0 Å². The summed E-state index contributed by atoms with van der Waals surface area (Å²) in [7, 11) is 0. The van der Waals surface area contributed by atoms with E-state index < -0.39 is 0 Å². The van der Waals surface area contributed by atoms with Crippen molar-refractivity contribution in [2.45, 2.75) is 0 Å². The van der Waals surface area contributed by atoms with Crippen LogP contribution in [0.4, 0.5) is 0 Å². The van der Waals surface area contributed by atoms with Crippen LogP contribution < -0.4 is 4.74 Å². The van der Waals surface area contributed by atoms with E-state index in [0.29, 0.717) is 15.8 Å². The molecule has 0 amide bonds. The highest BCUT2D eigenvalue weighted by Gasteiger charge is 2.14. The summed E-state index contributed by atoms with van der Waals surface area (Å²) in [5.41, 5.74) is -0.0165. The van der Waals surface area contributed by atoms with E-state index in [0.717, 1.165) is 0 Å². The molecule has 8 heteroatoms. The van der Waals surface area contributed by atoms with E-state index >= 15 is 0 Å². The van der Waals surface area contributed by atoms with Gasteiger partial charge < -0.3 is 4.74 Å². The Hall–Kier alpha value is -1.25. The standard InChI is InChI=1S/C11H3Cl4N3O/c12-7-2-1-5(3-8(7)13)19-10-6(4-16)9(14)17-11(15)18-10/h1-3H. The van der Waals surface area contributed by atoms with Crippen LogP contribution in [0.5, 0.6) is 11.6 Å². The van der Waals surface area contributed by atoms with E-state index in [9.17, 15) is 0 Å². The highest BCUT2D eigenvalue weighted by atomic mass is 35.5. The van der Waals surface area contributed by atoms with Gasteiger partial charge in [-0.25, -0.2) is 4.98 Å². The first-order valence-electron chi connectivity index (χ1n) is 4.77. The molecule has 19 heavy (non-hydrogen) atoms. The Bertz CT molecular complexity index is 684. The van der Waals surface area contributed by atoms with Crippen LogP contribution in [0.1, 0.15) is 5.56 Å². The average Bonchev–Trinajstić information content (AvgIpc) is 2.33. The van der Waals surface area contributed by atoms with Crippen molar-refractivity contribution in [3.8, 4) is 17.7 Å². The number of ether oxygens (including phenoxy) is 1. The number of rotatable bonds is 2. The van der Waals surface area contributed by atoms with E-state index in [4.69, 9.17) is 56.4 Å². The molecule has 0 fully saturated rings. The SMILES string of the molecule is N#Cc1c(Cl)nc(Cl)nc1Oc1ccc(Cl)c(Cl)c1. The van der Waals surface area contributed by atoms with E-state index in [1.807, 2.05) is 6.07 Å². The van der Waals surface area contributed by atoms with Crippen molar-refractivity contribution in [1.82, 2.24) is 9.97 Å². The maximum atomic E-state index is 8.98. The molecule has 0 bridgehead atoms. The van der Waals surface area contributed by atoms with Gasteiger partial charge in [-0.2, -0.15) is 10.2 Å². The van der Waals surface area contributed by atoms with Crippen molar-refractivity contribution in [2.75, 3.05) is 0 Å². The summed E-state index contributed by atoms with van der Waals surface area (Å²) >= 11 is 23.1. The summed E-state index contributed by atoms with van der Waals surface area (Å²) in [6.07, 6.45) is 0. The summed E-state index contributed by atoms with van der Waals surface area (Å²) in [4.78, 5) is 7.45. The van der Waals surface area contributed by atoms with Crippen molar-refractivity contribution in [3.63, 3.8) is 0 Å². The zero-order valence-electron chi connectivity index (χ0n) is 8.99. The quantitative estimate of drug-likeness (QED) is 0.587. The monoisotopic (exact) mass is 333 g/mol. The predicted octanol–water partition coefficient (Wildman–Crippen LogP) is 4.75. The van der Waals surface area contributed by atoms with Crippen LogP contribution in [0, 0.1) is 11.3 Å². The molecule has 0 saturated carbocycles. The zero-order chi connectivity index (χ0) is 14.0. The molecular formula is C11H3Cl4N3O. The molecule has 0 aliphatic carbocycles. The van der Waals surface area contributed by atoms with Gasteiger partial charge in [-0.3, -0.25) is 0 Å². The van der Waals surface area contributed by atoms with Crippen molar-refractivity contribution >= 4 is 46.4 Å². The van der Waals surface area contributed by atoms with E-state index in [2.05, 4.69) is 9.97 Å². The number of aromatic nitrogens is 2. The summed E-state index contributed by atoms with van der Waals surface area (Å²) in [6, 6.07) is 6.44. The fourth-order valence-corrected chi connectivity index (χ4v) is 1.91. The van der Waals surface area contributed by atoms with Gasteiger partial charge in [0.05, 0.1) is 10.0 Å². The van der Waals surface area contributed by atoms with E-state index in [1.54, 1.807) is 12.1 Å². The van der Waals surface area contributed by atoms with Gasteiger partial charge in [0, 0.05) is 6.07 Å². The van der Waals surface area contributed by atoms with Crippen LogP contribution in [0.2, 0.25) is 20.5 Å². The van der Waals surface area contributed by atoms with Crippen LogP contribution in [0.25, 0.3) is 0 Å². The highest BCUT2D eigenvalue weighted by Crippen LogP contribution is 2.31. The molecule has 0 aliphatic heterocycles. The smallest absolute Gasteiger partial charge is 0.243 e. The Morgan fingerprint density at radius 1 is 1.05 bits per heavy atom. The Balaban J connectivity index is 2.43. The fraction of sp³-hybridized carbons (Fsp3) is 0. The molecule has 96 valence electrons. The van der Waals surface area contributed by atoms with Crippen molar-refractivity contribution in [1.29, 1.82) is 5.26 Å². The van der Waals surface area contributed by atoms with Crippen molar-refractivity contribution in [2.24, 2.45) is 0 Å². The van der Waals surface area contributed by atoms with Gasteiger partial charge >= 0.3 is 0 Å². The second kappa shape index (κ2) is 5.81. The number of hydrogen-bond acceptors (Lipinski definition) is 4. The van der Waals surface area contributed by atoms with Crippen LogP contribution in [-0.2, 0) is 0 Å². The minimum Gasteiger partial charge on any atom is -0.437 e. The largest absolute Gasteiger partial charge is 0.437 e. The lowest BCUT2D eigenvalue weighted by Crippen LogP contribution is -1.96. The molecule has 0 radical (unpaired) electrons. The first-order valence-corrected chi connectivity index (χ1v) is 6.28. The lowest BCUT2D eigenvalue weighted by molar-refractivity contribution is 0.460. The molecule has 0 unspecified atom stereocenters. The van der Waals surface area contributed by atoms with E-state index in [1.165, 1.54) is 6.07 Å². The zero-order valence-corrected chi connectivity index (χ0v) is 12.0. The summed E-state index contributed by atoms with van der Waals surface area (Å²) in [5.74, 6) is 0.294. The summed E-state index contributed by atoms with van der Waals surface area (Å²) < 4.78 is 5.41. The molecule has 2 aromatic rings. The lowest BCUT2D eigenvalue weighted by atomic mass is 10.3. The van der Waals surface area contributed by atoms with Gasteiger partial charge in [0.1, 0.15) is 11.8 Å². The third kappa shape index (κ3) is 3.20. The number of benzene rings is 1. The van der Waals surface area contributed by atoms with Gasteiger partial charge in [-0.05, 0) is 23.7 Å². The lowest BCUT2D eigenvalue weighted by Gasteiger charge is -2.08. The molecule has 1 aromatic carbocycles. The number of halogens is 4. The second-order valence-corrected chi connectivity index (χ2v) is 4.76. The van der Waals surface area contributed by atoms with E-state index in [-0.39, 0.29) is 21.9 Å². The molecule has 0 aliphatic rings. The van der Waals surface area contributed by atoms with Gasteiger partial charge in [0.15, 0.2) is 10.7 Å². The molecular weight excluding hydrogens is 332 g/mol. The first-order chi connectivity index (χ1) is 9.01. The molecule has 0 atom stereocenters. The Kier molecular flexibility index (Phi) is 4.33. The minimum absolute atomic E-state index is 0.0165. The third-order valence-electron chi connectivity index (χ3n) is 2.02. The third-order valence-corrected chi connectivity index (χ3v) is 3.20. The number of nitriles is 1. The molecule has 2 rings (SSSR count). The van der Waals surface area contributed by atoms with Crippen molar-refractivity contribution in [3.05, 3.63) is 44.2 Å². The second-order valence-electron chi connectivity index (χ2n) is 3.25. The molecule has 1 heterocycles. The summed E-state index contributed by atoms with van der Waals surface area (Å²) in [5, 5.41) is 9.46. The van der Waals surface area contributed by atoms with Crippen molar-refractivity contribution < 1.29 is 4.74 Å². The Morgan fingerprint density at radius 2 is 1.79 bits per heavy atom. The van der Waals surface area contributed by atoms with Crippen LogP contribution in [0.3, 0.4) is 0 Å². The fourth-order valence-electron chi connectivity index (χ4n) is 1.21.